The molecule has 1 N–H and O–H groups in total. The smallest absolute Gasteiger partial charge is 0.258 e. The average Bonchev–Trinajstić information content (AvgIpc) is 2.35. The summed E-state index contributed by atoms with van der Waals surface area (Å²) in [6.07, 6.45) is 0.573. The normalized spacial score (nSPS) is 11.4. The van der Waals surface area contributed by atoms with Crippen LogP contribution in [0.5, 0.6) is 5.75 Å². The standard InChI is InChI=1S/C12H13ClN2O2/c1-2-10(7-14)15-12(16)8-17-11-5-3-9(13)4-6-11/h3-6,10H,2,8H2,1H3,(H,15,16). The maximum absolute atomic E-state index is 11.4. The molecule has 0 saturated carbocycles. The molecular weight excluding hydrogens is 240 g/mol. The lowest BCUT2D eigenvalue weighted by atomic mass is 10.2. The molecule has 90 valence electrons. The van der Waals surface area contributed by atoms with Gasteiger partial charge < -0.3 is 10.1 Å². The summed E-state index contributed by atoms with van der Waals surface area (Å²) < 4.78 is 5.23. The van der Waals surface area contributed by atoms with Crippen molar-refractivity contribution in [3.63, 3.8) is 0 Å². The van der Waals surface area contributed by atoms with Crippen LogP contribution in [-0.4, -0.2) is 18.6 Å². The quantitative estimate of drug-likeness (QED) is 0.873. The third-order valence-electron chi connectivity index (χ3n) is 2.08. The number of nitrogens with zero attached hydrogens (tertiary/aromatic N) is 1. The van der Waals surface area contributed by atoms with Gasteiger partial charge >= 0.3 is 0 Å². The van der Waals surface area contributed by atoms with Gasteiger partial charge in [-0.2, -0.15) is 5.26 Å². The van der Waals surface area contributed by atoms with Gasteiger partial charge in [0.1, 0.15) is 11.8 Å². The predicted octanol–water partition coefficient (Wildman–Crippen LogP) is 2.14. The van der Waals surface area contributed by atoms with Gasteiger partial charge in [0.05, 0.1) is 6.07 Å². The van der Waals surface area contributed by atoms with Gasteiger partial charge in [-0.25, -0.2) is 0 Å². The SMILES string of the molecule is CCC(C#N)NC(=O)COc1ccc(Cl)cc1. The summed E-state index contributed by atoms with van der Waals surface area (Å²) in [5, 5.41) is 11.8. The molecule has 17 heavy (non-hydrogen) atoms. The van der Waals surface area contributed by atoms with Gasteiger partial charge in [-0.1, -0.05) is 18.5 Å². The van der Waals surface area contributed by atoms with Gasteiger partial charge in [0, 0.05) is 5.02 Å². The van der Waals surface area contributed by atoms with Gasteiger partial charge in [-0.3, -0.25) is 4.79 Å². The van der Waals surface area contributed by atoms with Crippen molar-refractivity contribution in [2.75, 3.05) is 6.61 Å². The summed E-state index contributed by atoms with van der Waals surface area (Å²) in [4.78, 5) is 11.4. The van der Waals surface area contributed by atoms with Gasteiger partial charge in [0.25, 0.3) is 5.91 Å². The summed E-state index contributed by atoms with van der Waals surface area (Å²) >= 11 is 5.71. The van der Waals surface area contributed by atoms with Crippen LogP contribution in [0.1, 0.15) is 13.3 Å². The van der Waals surface area contributed by atoms with Crippen LogP contribution < -0.4 is 10.1 Å². The first-order valence-corrected chi connectivity index (χ1v) is 5.61. The Kier molecular flexibility index (Phi) is 5.31. The molecule has 0 bridgehead atoms. The van der Waals surface area contributed by atoms with Crippen LogP contribution in [0, 0.1) is 11.3 Å². The van der Waals surface area contributed by atoms with E-state index in [1.54, 1.807) is 24.3 Å². The number of hydrogen-bond acceptors (Lipinski definition) is 3. The minimum absolute atomic E-state index is 0.111. The van der Waals surface area contributed by atoms with E-state index in [1.165, 1.54) is 0 Å². The van der Waals surface area contributed by atoms with E-state index in [9.17, 15) is 4.79 Å². The Morgan fingerprint density at radius 1 is 1.53 bits per heavy atom. The summed E-state index contributed by atoms with van der Waals surface area (Å²) in [6.45, 7) is 1.72. The molecule has 4 nitrogen and oxygen atoms in total. The highest BCUT2D eigenvalue weighted by molar-refractivity contribution is 6.30. The van der Waals surface area contributed by atoms with Gasteiger partial charge in [0.2, 0.25) is 0 Å². The molecule has 1 rings (SSSR count). The average molecular weight is 253 g/mol. The monoisotopic (exact) mass is 252 g/mol. The van der Waals surface area contributed by atoms with Crippen molar-refractivity contribution in [1.29, 1.82) is 5.26 Å². The summed E-state index contributed by atoms with van der Waals surface area (Å²) in [5.41, 5.74) is 0. The van der Waals surface area contributed by atoms with Crippen LogP contribution in [-0.2, 0) is 4.79 Å². The van der Waals surface area contributed by atoms with E-state index >= 15 is 0 Å². The Morgan fingerprint density at radius 3 is 2.71 bits per heavy atom. The van der Waals surface area contributed by atoms with Crippen LogP contribution in [0.15, 0.2) is 24.3 Å². The fraction of sp³-hybridized carbons (Fsp3) is 0.333. The van der Waals surface area contributed by atoms with Crippen molar-refractivity contribution in [3.8, 4) is 11.8 Å². The number of nitriles is 1. The maximum atomic E-state index is 11.4. The Balaban J connectivity index is 2.38. The summed E-state index contributed by atoms with van der Waals surface area (Å²) in [7, 11) is 0. The number of carbonyl (C=O) groups is 1. The Hall–Kier alpha value is -1.73. The number of amides is 1. The number of nitrogens with one attached hydrogen (secondary N) is 1. The summed E-state index contributed by atoms with van der Waals surface area (Å²) in [6, 6.07) is 8.24. The van der Waals surface area contributed by atoms with Crippen molar-refractivity contribution in [3.05, 3.63) is 29.3 Å². The lowest BCUT2D eigenvalue weighted by molar-refractivity contribution is -0.123. The van der Waals surface area contributed by atoms with Crippen LogP contribution in [0.3, 0.4) is 0 Å². The molecule has 0 spiro atoms. The lowest BCUT2D eigenvalue weighted by Crippen LogP contribution is -2.36. The molecule has 0 aromatic heterocycles. The molecule has 5 heteroatoms. The van der Waals surface area contributed by atoms with E-state index in [2.05, 4.69) is 5.32 Å². The first-order chi connectivity index (χ1) is 8.15. The number of halogens is 1. The van der Waals surface area contributed by atoms with Crippen LogP contribution in [0.25, 0.3) is 0 Å². The largest absolute Gasteiger partial charge is 0.484 e. The molecule has 0 radical (unpaired) electrons. The Bertz CT molecular complexity index is 412. The van der Waals surface area contributed by atoms with Crippen LogP contribution in [0.4, 0.5) is 0 Å². The zero-order chi connectivity index (χ0) is 12.7. The molecule has 1 amide bonds. The first-order valence-electron chi connectivity index (χ1n) is 5.23. The molecule has 0 aliphatic rings. The van der Waals surface area contributed by atoms with Crippen LogP contribution >= 0.6 is 11.6 Å². The van der Waals surface area contributed by atoms with Crippen molar-refractivity contribution in [1.82, 2.24) is 5.32 Å². The second-order valence-electron chi connectivity index (χ2n) is 3.40. The second kappa shape index (κ2) is 6.77. The number of hydrogen-bond donors (Lipinski definition) is 1. The molecule has 0 heterocycles. The number of carbonyl (C=O) groups excluding carboxylic acids is 1. The first kappa shape index (κ1) is 13.3. The molecule has 0 fully saturated rings. The highest BCUT2D eigenvalue weighted by Crippen LogP contribution is 2.15. The minimum atomic E-state index is -0.462. The van der Waals surface area contributed by atoms with E-state index in [-0.39, 0.29) is 12.5 Å². The summed E-state index contributed by atoms with van der Waals surface area (Å²) in [5.74, 6) is 0.253. The van der Waals surface area contributed by atoms with Crippen LogP contribution in [0.2, 0.25) is 5.02 Å². The Labute approximate surface area is 105 Å². The molecular formula is C12H13ClN2O2. The fourth-order valence-electron chi connectivity index (χ4n) is 1.14. The van der Waals surface area contributed by atoms with E-state index in [4.69, 9.17) is 21.6 Å². The van der Waals surface area contributed by atoms with Gasteiger partial charge in [0.15, 0.2) is 6.61 Å². The molecule has 1 atom stereocenters. The second-order valence-corrected chi connectivity index (χ2v) is 3.84. The number of rotatable bonds is 5. The van der Waals surface area contributed by atoms with Crippen molar-refractivity contribution in [2.24, 2.45) is 0 Å². The topological polar surface area (TPSA) is 62.1 Å². The molecule has 0 saturated heterocycles. The maximum Gasteiger partial charge on any atom is 0.258 e. The predicted molar refractivity (Wildman–Crippen MR) is 64.8 cm³/mol. The highest BCUT2D eigenvalue weighted by atomic mass is 35.5. The number of benzene rings is 1. The third-order valence-corrected chi connectivity index (χ3v) is 2.33. The molecule has 0 aliphatic carbocycles. The van der Waals surface area contributed by atoms with E-state index < -0.39 is 6.04 Å². The highest BCUT2D eigenvalue weighted by Gasteiger charge is 2.09. The fourth-order valence-corrected chi connectivity index (χ4v) is 1.27. The van der Waals surface area contributed by atoms with E-state index in [0.717, 1.165) is 0 Å². The molecule has 1 unspecified atom stereocenters. The zero-order valence-corrected chi connectivity index (χ0v) is 10.2. The van der Waals surface area contributed by atoms with E-state index in [0.29, 0.717) is 17.2 Å². The Morgan fingerprint density at radius 2 is 2.18 bits per heavy atom. The van der Waals surface area contributed by atoms with E-state index in [1.807, 2.05) is 13.0 Å². The lowest BCUT2D eigenvalue weighted by Gasteiger charge is -2.10. The van der Waals surface area contributed by atoms with Crippen molar-refractivity contribution in [2.45, 2.75) is 19.4 Å². The third kappa shape index (κ3) is 4.75. The number of ether oxygens (including phenoxy) is 1. The molecule has 0 aliphatic heterocycles. The minimum Gasteiger partial charge on any atom is -0.484 e. The van der Waals surface area contributed by atoms with Gasteiger partial charge in [-0.15, -0.1) is 0 Å². The van der Waals surface area contributed by atoms with Crippen molar-refractivity contribution < 1.29 is 9.53 Å². The van der Waals surface area contributed by atoms with Gasteiger partial charge in [-0.05, 0) is 30.7 Å². The molecule has 1 aromatic carbocycles. The molecule has 1 aromatic rings. The zero-order valence-electron chi connectivity index (χ0n) is 9.44. The van der Waals surface area contributed by atoms with Crippen molar-refractivity contribution >= 4 is 17.5 Å².